The van der Waals surface area contributed by atoms with Crippen molar-refractivity contribution in [3.05, 3.63) is 0 Å². The smallest absolute Gasteiger partial charge is 0.270 e. The molecule has 0 N–H and O–H groups in total. The van der Waals surface area contributed by atoms with Gasteiger partial charge in [-0.05, 0) is 19.9 Å². The number of halogens is 2. The van der Waals surface area contributed by atoms with E-state index in [4.69, 9.17) is 10.5 Å². The molecule has 0 saturated heterocycles. The molecule has 5 heteroatoms. The zero-order chi connectivity index (χ0) is 10.7. The van der Waals surface area contributed by atoms with Gasteiger partial charge < -0.3 is 0 Å². The molecule has 0 fully saturated rings. The maximum absolute atomic E-state index is 12.8. The van der Waals surface area contributed by atoms with Gasteiger partial charge in [0, 0.05) is 5.54 Å². The Kier molecular flexibility index (Phi) is 3.56. The van der Waals surface area contributed by atoms with Gasteiger partial charge in [-0.25, -0.2) is 0 Å². The molecular weight excluding hydrogens is 190 g/mol. The van der Waals surface area contributed by atoms with Crippen molar-refractivity contribution in [2.75, 3.05) is 0 Å². The van der Waals surface area contributed by atoms with Gasteiger partial charge in [-0.1, -0.05) is 6.92 Å². The van der Waals surface area contributed by atoms with Gasteiger partial charge in [-0.15, -0.1) is 0 Å². The van der Waals surface area contributed by atoms with Crippen molar-refractivity contribution < 1.29 is 8.22 Å². The van der Waals surface area contributed by atoms with Crippen LogP contribution in [0.15, 0.2) is 0 Å². The second-order valence-electron chi connectivity index (χ2n) is 3.62. The maximum atomic E-state index is 12.8. The van der Waals surface area contributed by atoms with Crippen molar-refractivity contribution in [1.82, 2.24) is 0 Å². The Balaban J connectivity index is 4.49. The van der Waals surface area contributed by atoms with Crippen molar-refractivity contribution in [1.29, 1.82) is 10.5 Å². The van der Waals surface area contributed by atoms with E-state index in [-0.39, 0.29) is 6.42 Å². The fourth-order valence-electron chi connectivity index (χ4n) is 0.908. The molecule has 13 heavy (non-hydrogen) atoms. The van der Waals surface area contributed by atoms with Crippen LogP contribution in [0.4, 0.5) is 8.22 Å². The summed E-state index contributed by atoms with van der Waals surface area (Å²) in [6.07, 6.45) is -0.0459. The molecule has 1 atom stereocenters. The van der Waals surface area contributed by atoms with Gasteiger partial charge in [0.05, 0.1) is 12.1 Å². The maximum Gasteiger partial charge on any atom is 0.424 e. The van der Waals surface area contributed by atoms with Gasteiger partial charge in [0.2, 0.25) is 0 Å². The lowest BCUT2D eigenvalue weighted by Gasteiger charge is -2.21. The van der Waals surface area contributed by atoms with Crippen LogP contribution in [0.1, 0.15) is 20.3 Å². The summed E-state index contributed by atoms with van der Waals surface area (Å²) in [5, 5.41) is 17.2. The fraction of sp³-hybridized carbons (Fsp3) is 0.750. The highest BCUT2D eigenvalue weighted by Gasteiger charge is 2.40. The molecule has 0 spiro atoms. The van der Waals surface area contributed by atoms with Gasteiger partial charge in [0.15, 0.2) is 0 Å². The Morgan fingerprint density at radius 3 is 2.00 bits per heavy atom. The predicted octanol–water partition coefficient (Wildman–Crippen LogP) is 2.83. The van der Waals surface area contributed by atoms with E-state index in [0.29, 0.717) is 0 Å². The van der Waals surface area contributed by atoms with Crippen LogP contribution in [-0.4, -0.2) is 8.74 Å². The average Bonchev–Trinajstić information content (AvgIpc) is 2.02. The molecule has 0 aliphatic heterocycles. The van der Waals surface area contributed by atoms with Crippen LogP contribution in [0.2, 0.25) is 12.1 Å². The number of hydrogen-bond acceptors (Lipinski definition) is 2. The van der Waals surface area contributed by atoms with E-state index in [9.17, 15) is 8.22 Å². The Morgan fingerprint density at radius 2 is 1.77 bits per heavy atom. The minimum Gasteiger partial charge on any atom is -0.270 e. The number of hydrogen-bond donors (Lipinski definition) is 0. The van der Waals surface area contributed by atoms with E-state index in [2.05, 4.69) is 0 Å². The van der Waals surface area contributed by atoms with Crippen LogP contribution in [-0.2, 0) is 0 Å². The molecule has 0 radical (unpaired) electrons. The van der Waals surface area contributed by atoms with E-state index in [1.54, 1.807) is 12.1 Å². The van der Waals surface area contributed by atoms with Crippen molar-refractivity contribution in [2.24, 2.45) is 5.41 Å². The normalized spacial score (nSPS) is 14.4. The first kappa shape index (κ1) is 12.1. The van der Waals surface area contributed by atoms with Gasteiger partial charge in [-0.2, -0.15) is 10.5 Å². The third kappa shape index (κ3) is 3.52. The molecule has 0 rings (SSSR count). The lowest BCUT2D eigenvalue weighted by molar-refractivity contribution is 0.464. The molecule has 1 unspecified atom stereocenters. The highest BCUT2D eigenvalue weighted by molar-refractivity contribution is 6.66. The van der Waals surface area contributed by atoms with E-state index in [1.165, 1.54) is 13.8 Å². The minimum atomic E-state index is -4.21. The van der Waals surface area contributed by atoms with Crippen LogP contribution >= 0.6 is 0 Å². The molecule has 0 bridgehead atoms. The van der Waals surface area contributed by atoms with Crippen LogP contribution in [0.25, 0.3) is 0 Å². The van der Waals surface area contributed by atoms with Crippen LogP contribution in [0, 0.1) is 28.1 Å². The molecule has 0 saturated carbocycles. The molecule has 0 aromatic heterocycles. The Bertz CT molecular complexity index is 245. The Morgan fingerprint density at radius 1 is 1.38 bits per heavy atom. The second kappa shape index (κ2) is 3.84. The summed E-state index contributed by atoms with van der Waals surface area (Å²) in [5.41, 5.74) is -2.09. The summed E-state index contributed by atoms with van der Waals surface area (Å²) in [6.45, 7) is 3.73. The summed E-state index contributed by atoms with van der Waals surface area (Å²) in [4.78, 5) is 0. The second-order valence-corrected chi connectivity index (χ2v) is 6.52. The van der Waals surface area contributed by atoms with Crippen molar-refractivity contribution in [3.63, 3.8) is 0 Å². The van der Waals surface area contributed by atoms with Crippen molar-refractivity contribution in [3.8, 4) is 12.1 Å². The summed E-state index contributed by atoms with van der Waals surface area (Å²) < 4.78 is 25.7. The first-order chi connectivity index (χ1) is 5.75. The van der Waals surface area contributed by atoms with Crippen molar-refractivity contribution in [2.45, 2.75) is 32.4 Å². The molecule has 72 valence electrons. The van der Waals surface area contributed by atoms with E-state index >= 15 is 0 Å². The highest BCUT2D eigenvalue weighted by Crippen LogP contribution is 2.35. The zero-order valence-electron chi connectivity index (χ0n) is 7.93. The third-order valence-electron chi connectivity index (χ3n) is 2.07. The topological polar surface area (TPSA) is 47.6 Å². The van der Waals surface area contributed by atoms with Crippen LogP contribution in [0.5, 0.6) is 0 Å². The summed E-state index contributed by atoms with van der Waals surface area (Å²) in [6, 6.07) is 3.52. The van der Waals surface area contributed by atoms with E-state index in [0.717, 1.165) is 6.55 Å². The molecule has 0 aliphatic rings. The standard InChI is InChI=1S/C8H12F2N2Si/c1-7(13(3,9)10)4-8(2,5-11)6-12/h7H,4H2,1-3H3. The summed E-state index contributed by atoms with van der Waals surface area (Å²) in [5.74, 6) is 0. The Labute approximate surface area is 78.1 Å². The van der Waals surface area contributed by atoms with E-state index < -0.39 is 19.7 Å². The average molecular weight is 202 g/mol. The largest absolute Gasteiger partial charge is 0.424 e. The lowest BCUT2D eigenvalue weighted by atomic mass is 9.89. The number of nitriles is 2. The quantitative estimate of drug-likeness (QED) is 0.522. The first-order valence-electron chi connectivity index (χ1n) is 3.95. The molecule has 0 amide bonds. The van der Waals surface area contributed by atoms with Gasteiger partial charge in [0.25, 0.3) is 0 Å². The summed E-state index contributed by atoms with van der Waals surface area (Å²) in [7, 11) is -4.21. The zero-order valence-corrected chi connectivity index (χ0v) is 8.93. The van der Waals surface area contributed by atoms with E-state index in [1.807, 2.05) is 0 Å². The molecular formula is C8H12F2N2Si. The molecule has 0 aromatic rings. The number of rotatable bonds is 3. The van der Waals surface area contributed by atoms with Crippen LogP contribution < -0.4 is 0 Å². The highest BCUT2D eigenvalue weighted by atomic mass is 28.4. The molecule has 0 aromatic carbocycles. The summed E-state index contributed by atoms with van der Waals surface area (Å²) >= 11 is 0. The monoisotopic (exact) mass is 202 g/mol. The molecule has 2 nitrogen and oxygen atoms in total. The minimum absolute atomic E-state index is 0.0459. The Hall–Kier alpha value is -0.943. The van der Waals surface area contributed by atoms with Crippen molar-refractivity contribution >= 4 is 8.74 Å². The third-order valence-corrected chi connectivity index (χ3v) is 4.01. The van der Waals surface area contributed by atoms with Gasteiger partial charge in [-0.3, -0.25) is 8.22 Å². The lowest BCUT2D eigenvalue weighted by Crippen LogP contribution is -2.27. The van der Waals surface area contributed by atoms with Gasteiger partial charge >= 0.3 is 8.74 Å². The molecule has 0 aliphatic carbocycles. The van der Waals surface area contributed by atoms with Gasteiger partial charge in [0.1, 0.15) is 5.41 Å². The number of nitrogens with zero attached hydrogens (tertiary/aromatic N) is 2. The first-order valence-corrected chi connectivity index (χ1v) is 6.29. The predicted molar refractivity (Wildman–Crippen MR) is 47.2 cm³/mol. The molecule has 0 heterocycles. The fourth-order valence-corrected chi connectivity index (χ4v) is 1.67. The SMILES string of the molecule is CC(CC(C)(C#N)C#N)[Si](C)(F)F. The van der Waals surface area contributed by atoms with Crippen LogP contribution in [0.3, 0.4) is 0 Å².